The van der Waals surface area contributed by atoms with Gasteiger partial charge in [0.15, 0.2) is 0 Å². The quantitative estimate of drug-likeness (QED) is 0.694. The van der Waals surface area contributed by atoms with Crippen LogP contribution in [0.3, 0.4) is 0 Å². The zero-order valence-corrected chi connectivity index (χ0v) is 9.05. The van der Waals surface area contributed by atoms with Crippen LogP contribution in [0, 0.1) is 5.92 Å². The van der Waals surface area contributed by atoms with E-state index in [2.05, 4.69) is 24.1 Å². The normalized spacial score (nSPS) is 25.4. The Hall–Kier alpha value is -0.120. The second-order valence-corrected chi connectivity index (χ2v) is 4.20. The molecule has 0 saturated carbocycles. The molecule has 0 aliphatic carbocycles. The number of hydrogen-bond donors (Lipinski definition) is 1. The topological polar surface area (TPSA) is 24.5 Å². The summed E-state index contributed by atoms with van der Waals surface area (Å²) in [6.07, 6.45) is 0.387. The van der Waals surface area contributed by atoms with E-state index in [1.54, 1.807) is 0 Å². The third-order valence-corrected chi connectivity index (χ3v) is 2.28. The summed E-state index contributed by atoms with van der Waals surface area (Å²) in [6, 6.07) is 0. The average molecular weight is 186 g/mol. The molecule has 0 aromatic carbocycles. The molecule has 78 valence electrons. The molecule has 1 fully saturated rings. The van der Waals surface area contributed by atoms with E-state index in [9.17, 15) is 0 Å². The molecule has 1 N–H and O–H groups in total. The number of hydrogen-bond acceptors (Lipinski definition) is 3. The van der Waals surface area contributed by atoms with Crippen LogP contribution in [0.25, 0.3) is 0 Å². The summed E-state index contributed by atoms with van der Waals surface area (Å²) >= 11 is 0. The van der Waals surface area contributed by atoms with Crippen molar-refractivity contribution in [3.63, 3.8) is 0 Å². The zero-order valence-electron chi connectivity index (χ0n) is 9.05. The molecule has 1 unspecified atom stereocenters. The van der Waals surface area contributed by atoms with Crippen LogP contribution in [0.4, 0.5) is 0 Å². The molecule has 1 heterocycles. The van der Waals surface area contributed by atoms with Gasteiger partial charge in [0.2, 0.25) is 0 Å². The van der Waals surface area contributed by atoms with Gasteiger partial charge in [-0.25, -0.2) is 0 Å². The van der Waals surface area contributed by atoms with E-state index in [0.29, 0.717) is 6.10 Å². The first-order valence-electron chi connectivity index (χ1n) is 5.21. The summed E-state index contributed by atoms with van der Waals surface area (Å²) in [5.74, 6) is 0.758. The number of nitrogens with zero attached hydrogens (tertiary/aromatic N) is 1. The SMILES string of the molecule is CNCC1CN(CC(C)C)CCO1. The first-order valence-corrected chi connectivity index (χ1v) is 5.21. The molecule has 3 heteroatoms. The van der Waals surface area contributed by atoms with Gasteiger partial charge in [0.1, 0.15) is 0 Å². The second kappa shape index (κ2) is 5.58. The minimum absolute atomic E-state index is 0.387. The molecule has 0 radical (unpaired) electrons. The Balaban J connectivity index is 2.24. The zero-order chi connectivity index (χ0) is 9.68. The largest absolute Gasteiger partial charge is 0.374 e. The van der Waals surface area contributed by atoms with E-state index in [1.165, 1.54) is 6.54 Å². The highest BCUT2D eigenvalue weighted by Gasteiger charge is 2.19. The lowest BCUT2D eigenvalue weighted by atomic mass is 10.2. The Morgan fingerprint density at radius 1 is 1.54 bits per heavy atom. The molecule has 1 aliphatic rings. The molecule has 0 spiro atoms. The Kier molecular flexibility index (Phi) is 4.70. The van der Waals surface area contributed by atoms with Gasteiger partial charge in [-0.15, -0.1) is 0 Å². The number of rotatable bonds is 4. The lowest BCUT2D eigenvalue weighted by molar-refractivity contribution is -0.0294. The molecule has 0 aromatic heterocycles. The van der Waals surface area contributed by atoms with Gasteiger partial charge in [-0.05, 0) is 13.0 Å². The van der Waals surface area contributed by atoms with E-state index in [-0.39, 0.29) is 0 Å². The molecule has 1 atom stereocenters. The second-order valence-electron chi connectivity index (χ2n) is 4.20. The first kappa shape index (κ1) is 11.0. The lowest BCUT2D eigenvalue weighted by Crippen LogP contribution is -2.47. The maximum atomic E-state index is 5.63. The Bertz CT molecular complexity index is 137. The number of morpholine rings is 1. The molecular formula is C10H22N2O. The standard InChI is InChI=1S/C10H22N2O/c1-9(2)7-12-4-5-13-10(8-12)6-11-3/h9-11H,4-8H2,1-3H3. The summed E-state index contributed by atoms with van der Waals surface area (Å²) in [4.78, 5) is 2.50. The minimum Gasteiger partial charge on any atom is -0.374 e. The molecule has 13 heavy (non-hydrogen) atoms. The van der Waals surface area contributed by atoms with Crippen LogP contribution < -0.4 is 5.32 Å². The van der Waals surface area contributed by atoms with Crippen LogP contribution in [-0.2, 0) is 4.74 Å². The maximum Gasteiger partial charge on any atom is 0.0826 e. The van der Waals surface area contributed by atoms with Gasteiger partial charge in [-0.3, -0.25) is 4.90 Å². The number of nitrogens with one attached hydrogen (secondary N) is 1. The number of likely N-dealkylation sites (N-methyl/N-ethyl adjacent to an activating group) is 1. The fourth-order valence-electron chi connectivity index (χ4n) is 1.81. The van der Waals surface area contributed by atoms with Crippen molar-refractivity contribution in [3.8, 4) is 0 Å². The molecule has 0 aromatic rings. The first-order chi connectivity index (χ1) is 6.22. The molecule has 1 saturated heterocycles. The summed E-state index contributed by atoms with van der Waals surface area (Å²) in [5.41, 5.74) is 0. The van der Waals surface area contributed by atoms with Crippen molar-refractivity contribution in [1.29, 1.82) is 0 Å². The van der Waals surface area contributed by atoms with Crippen molar-refractivity contribution in [1.82, 2.24) is 10.2 Å². The van der Waals surface area contributed by atoms with Crippen LogP contribution in [-0.4, -0.2) is 50.8 Å². The fourth-order valence-corrected chi connectivity index (χ4v) is 1.81. The highest BCUT2D eigenvalue weighted by Crippen LogP contribution is 2.06. The predicted molar refractivity (Wildman–Crippen MR) is 54.9 cm³/mol. The van der Waals surface area contributed by atoms with Crippen LogP contribution >= 0.6 is 0 Å². The average Bonchev–Trinajstić information content (AvgIpc) is 2.04. The van der Waals surface area contributed by atoms with Gasteiger partial charge in [0, 0.05) is 26.2 Å². The van der Waals surface area contributed by atoms with Gasteiger partial charge in [-0.1, -0.05) is 13.8 Å². The monoisotopic (exact) mass is 186 g/mol. The van der Waals surface area contributed by atoms with E-state index >= 15 is 0 Å². The van der Waals surface area contributed by atoms with Gasteiger partial charge in [0.25, 0.3) is 0 Å². The highest BCUT2D eigenvalue weighted by molar-refractivity contribution is 4.73. The molecule has 1 aliphatic heterocycles. The molecule has 3 nitrogen and oxygen atoms in total. The van der Waals surface area contributed by atoms with Crippen LogP contribution in [0.1, 0.15) is 13.8 Å². The van der Waals surface area contributed by atoms with E-state index < -0.39 is 0 Å². The van der Waals surface area contributed by atoms with Crippen molar-refractivity contribution in [2.45, 2.75) is 20.0 Å². The highest BCUT2D eigenvalue weighted by atomic mass is 16.5. The van der Waals surface area contributed by atoms with Crippen molar-refractivity contribution >= 4 is 0 Å². The fraction of sp³-hybridized carbons (Fsp3) is 1.00. The Labute approximate surface area is 81.4 Å². The van der Waals surface area contributed by atoms with Crippen LogP contribution in [0.15, 0.2) is 0 Å². The predicted octanol–water partition coefficient (Wildman–Crippen LogP) is 0.563. The molecular weight excluding hydrogens is 164 g/mol. The summed E-state index contributed by atoms with van der Waals surface area (Å²) < 4.78 is 5.63. The van der Waals surface area contributed by atoms with E-state index in [4.69, 9.17) is 4.74 Å². The van der Waals surface area contributed by atoms with Crippen molar-refractivity contribution in [3.05, 3.63) is 0 Å². The third kappa shape index (κ3) is 4.07. The third-order valence-electron chi connectivity index (χ3n) is 2.28. The molecule has 0 bridgehead atoms. The van der Waals surface area contributed by atoms with Crippen molar-refractivity contribution in [2.24, 2.45) is 5.92 Å². The number of ether oxygens (including phenoxy) is 1. The van der Waals surface area contributed by atoms with Gasteiger partial charge >= 0.3 is 0 Å². The molecule has 1 rings (SSSR count). The van der Waals surface area contributed by atoms with E-state index in [0.717, 1.165) is 32.2 Å². The smallest absolute Gasteiger partial charge is 0.0826 e. The van der Waals surface area contributed by atoms with Crippen molar-refractivity contribution < 1.29 is 4.74 Å². The van der Waals surface area contributed by atoms with Gasteiger partial charge in [0.05, 0.1) is 12.7 Å². The Morgan fingerprint density at radius 2 is 2.31 bits per heavy atom. The lowest BCUT2D eigenvalue weighted by Gasteiger charge is -2.33. The van der Waals surface area contributed by atoms with Crippen LogP contribution in [0.2, 0.25) is 0 Å². The van der Waals surface area contributed by atoms with E-state index in [1.807, 2.05) is 7.05 Å². The summed E-state index contributed by atoms with van der Waals surface area (Å²) in [6.45, 7) is 9.76. The van der Waals surface area contributed by atoms with Crippen molar-refractivity contribution in [2.75, 3.05) is 39.8 Å². The van der Waals surface area contributed by atoms with Crippen LogP contribution in [0.5, 0.6) is 0 Å². The summed E-state index contributed by atoms with van der Waals surface area (Å²) in [5, 5.41) is 3.16. The Morgan fingerprint density at radius 3 is 2.92 bits per heavy atom. The van der Waals surface area contributed by atoms with Gasteiger partial charge < -0.3 is 10.1 Å². The maximum absolute atomic E-state index is 5.63. The minimum atomic E-state index is 0.387. The summed E-state index contributed by atoms with van der Waals surface area (Å²) in [7, 11) is 1.98. The van der Waals surface area contributed by atoms with Gasteiger partial charge in [-0.2, -0.15) is 0 Å². The molecule has 0 amide bonds.